The zero-order chi connectivity index (χ0) is 20.4. The largest absolute Gasteiger partial charge is 0.497 e. The van der Waals surface area contributed by atoms with Crippen LogP contribution in [0.1, 0.15) is 34.5 Å². The van der Waals surface area contributed by atoms with Crippen LogP contribution in [0.4, 0.5) is 5.69 Å². The fraction of sp³-hybridized carbons (Fsp3) is 0.381. The van der Waals surface area contributed by atoms with Gasteiger partial charge in [0.25, 0.3) is 11.8 Å². The van der Waals surface area contributed by atoms with Gasteiger partial charge in [-0.05, 0) is 61.0 Å². The van der Waals surface area contributed by atoms with Crippen LogP contribution in [0.15, 0.2) is 40.9 Å². The number of hydrogen-bond acceptors (Lipinski definition) is 6. The number of likely N-dealkylation sites (tertiary alicyclic amines) is 1. The molecule has 1 N–H and O–H groups in total. The summed E-state index contributed by atoms with van der Waals surface area (Å²) in [5, 5.41) is 8.83. The van der Waals surface area contributed by atoms with Gasteiger partial charge in [-0.25, -0.2) is 0 Å². The molecule has 1 atom stereocenters. The lowest BCUT2D eigenvalue weighted by Gasteiger charge is -2.38. The predicted octanol–water partition coefficient (Wildman–Crippen LogP) is 3.45. The van der Waals surface area contributed by atoms with Crippen molar-refractivity contribution in [3.8, 4) is 5.75 Å². The van der Waals surface area contributed by atoms with Crippen molar-refractivity contribution < 1.29 is 19.2 Å². The van der Waals surface area contributed by atoms with Gasteiger partial charge in [-0.1, -0.05) is 5.16 Å². The lowest BCUT2D eigenvalue weighted by Crippen LogP contribution is -2.50. The number of thiophene rings is 1. The van der Waals surface area contributed by atoms with Crippen molar-refractivity contribution in [2.45, 2.75) is 31.8 Å². The number of aryl methyl sites for hydroxylation is 1. The molecule has 0 aliphatic carbocycles. The highest BCUT2D eigenvalue weighted by Crippen LogP contribution is 2.35. The Balaban J connectivity index is 1.40. The van der Waals surface area contributed by atoms with Gasteiger partial charge in [-0.2, -0.15) is 0 Å². The van der Waals surface area contributed by atoms with Crippen LogP contribution < -0.4 is 10.1 Å². The van der Waals surface area contributed by atoms with Crippen LogP contribution in [0.2, 0.25) is 0 Å². The summed E-state index contributed by atoms with van der Waals surface area (Å²) in [5.74, 6) is 0.456. The summed E-state index contributed by atoms with van der Waals surface area (Å²) in [6.45, 7) is 3.07. The van der Waals surface area contributed by atoms with Crippen LogP contribution in [0.3, 0.4) is 0 Å². The van der Waals surface area contributed by atoms with Crippen LogP contribution in [0, 0.1) is 6.92 Å². The van der Waals surface area contributed by atoms with Crippen LogP contribution >= 0.6 is 11.3 Å². The zero-order valence-electron chi connectivity index (χ0n) is 16.4. The van der Waals surface area contributed by atoms with Crippen molar-refractivity contribution in [1.29, 1.82) is 0 Å². The maximum Gasteiger partial charge on any atom is 0.273 e. The van der Waals surface area contributed by atoms with Crippen LogP contribution in [-0.4, -0.2) is 48.2 Å². The summed E-state index contributed by atoms with van der Waals surface area (Å²) < 4.78 is 5.12. The fourth-order valence-corrected chi connectivity index (χ4v) is 4.64. The Morgan fingerprint density at radius 2 is 2.07 bits per heavy atom. The van der Waals surface area contributed by atoms with Gasteiger partial charge in [0.05, 0.1) is 18.5 Å². The first-order valence-corrected chi connectivity index (χ1v) is 10.4. The number of oxime groups is 1. The summed E-state index contributed by atoms with van der Waals surface area (Å²) >= 11 is 1.46. The summed E-state index contributed by atoms with van der Waals surface area (Å²) in [4.78, 5) is 33.8. The molecule has 1 aromatic carbocycles. The third-order valence-electron chi connectivity index (χ3n) is 5.33. The van der Waals surface area contributed by atoms with E-state index in [1.54, 1.807) is 31.4 Å². The molecule has 1 aromatic heterocycles. The van der Waals surface area contributed by atoms with E-state index in [4.69, 9.17) is 9.57 Å². The number of nitrogens with one attached hydrogen (secondary N) is 1. The number of rotatable bonds is 4. The van der Waals surface area contributed by atoms with Crippen molar-refractivity contribution in [1.82, 2.24) is 4.90 Å². The lowest BCUT2D eigenvalue weighted by atomic mass is 9.88. The van der Waals surface area contributed by atoms with E-state index >= 15 is 0 Å². The Morgan fingerprint density at radius 1 is 1.28 bits per heavy atom. The Morgan fingerprint density at radius 3 is 2.76 bits per heavy atom. The van der Waals surface area contributed by atoms with Gasteiger partial charge in [-0.3, -0.25) is 9.59 Å². The molecule has 2 aliphatic rings. The van der Waals surface area contributed by atoms with E-state index in [2.05, 4.69) is 10.5 Å². The molecule has 1 fully saturated rings. The van der Waals surface area contributed by atoms with Crippen molar-refractivity contribution >= 4 is 34.6 Å². The van der Waals surface area contributed by atoms with E-state index in [-0.39, 0.29) is 11.8 Å². The standard InChI is InChI=1S/C21H23N3O4S/c1-14-8-11-29-18(14)20(26)24-10-3-9-21(13-24)12-17(23-28-21)19(25)22-15-4-6-16(27-2)7-5-15/h4-8,11H,3,9-10,12-13H2,1-2H3,(H,22,25). The second-order valence-corrected chi connectivity index (χ2v) is 8.35. The molecule has 29 heavy (non-hydrogen) atoms. The second-order valence-electron chi connectivity index (χ2n) is 7.43. The normalized spacial score (nSPS) is 20.9. The number of piperidine rings is 1. The highest BCUT2D eigenvalue weighted by atomic mass is 32.1. The van der Waals surface area contributed by atoms with Gasteiger partial charge in [0.1, 0.15) is 11.5 Å². The van der Waals surface area contributed by atoms with Crippen LogP contribution in [-0.2, 0) is 9.63 Å². The number of methoxy groups -OCH3 is 1. The zero-order valence-corrected chi connectivity index (χ0v) is 17.3. The van der Waals surface area contributed by atoms with E-state index in [9.17, 15) is 9.59 Å². The third kappa shape index (κ3) is 3.98. The van der Waals surface area contributed by atoms with Gasteiger partial charge in [0.2, 0.25) is 0 Å². The Kier molecular flexibility index (Phi) is 5.27. The maximum absolute atomic E-state index is 12.9. The summed E-state index contributed by atoms with van der Waals surface area (Å²) in [7, 11) is 1.59. The first kappa shape index (κ1) is 19.4. The van der Waals surface area contributed by atoms with Crippen molar-refractivity contribution in [3.63, 3.8) is 0 Å². The molecule has 2 aliphatic heterocycles. The molecule has 2 amide bonds. The summed E-state index contributed by atoms with van der Waals surface area (Å²) in [5.41, 5.74) is 1.38. The van der Waals surface area contributed by atoms with Crippen molar-refractivity contribution in [2.24, 2.45) is 5.16 Å². The minimum absolute atomic E-state index is 0.0244. The lowest BCUT2D eigenvalue weighted by molar-refractivity contribution is -0.110. The third-order valence-corrected chi connectivity index (χ3v) is 6.34. The highest BCUT2D eigenvalue weighted by molar-refractivity contribution is 7.12. The van der Waals surface area contributed by atoms with Crippen LogP contribution in [0.25, 0.3) is 0 Å². The topological polar surface area (TPSA) is 80.2 Å². The van der Waals surface area contributed by atoms with Crippen LogP contribution in [0.5, 0.6) is 5.75 Å². The second kappa shape index (κ2) is 7.87. The van der Waals surface area contributed by atoms with Gasteiger partial charge in [0, 0.05) is 18.7 Å². The minimum atomic E-state index is -0.619. The van der Waals surface area contributed by atoms with E-state index < -0.39 is 5.60 Å². The molecule has 8 heteroatoms. The minimum Gasteiger partial charge on any atom is -0.497 e. The molecule has 152 valence electrons. The van der Waals surface area contributed by atoms with E-state index in [1.165, 1.54) is 11.3 Å². The quantitative estimate of drug-likeness (QED) is 0.833. The number of nitrogens with zero attached hydrogens (tertiary/aromatic N) is 2. The summed E-state index contributed by atoms with van der Waals surface area (Å²) in [6, 6.07) is 9.05. The molecular weight excluding hydrogens is 390 g/mol. The molecule has 1 unspecified atom stereocenters. The average Bonchev–Trinajstić information content (AvgIpc) is 3.34. The van der Waals surface area contributed by atoms with Crippen molar-refractivity contribution in [3.05, 3.63) is 46.2 Å². The number of anilines is 1. The SMILES string of the molecule is COc1ccc(NC(=O)C2=NOC3(CCCN(C(=O)c4sccc4C)C3)C2)cc1. The Hall–Kier alpha value is -2.87. The average molecular weight is 413 g/mol. The number of benzene rings is 1. The molecule has 0 saturated carbocycles. The summed E-state index contributed by atoms with van der Waals surface area (Å²) in [6.07, 6.45) is 1.98. The monoisotopic (exact) mass is 413 g/mol. The molecule has 7 nitrogen and oxygen atoms in total. The number of carbonyl (C=O) groups is 2. The highest BCUT2D eigenvalue weighted by Gasteiger charge is 2.45. The molecule has 0 radical (unpaired) electrons. The predicted molar refractivity (Wildman–Crippen MR) is 112 cm³/mol. The maximum atomic E-state index is 12.9. The van der Waals surface area contributed by atoms with Gasteiger partial charge in [0.15, 0.2) is 5.60 Å². The number of amides is 2. The number of hydrogen-bond donors (Lipinski definition) is 1. The first-order valence-electron chi connectivity index (χ1n) is 9.53. The smallest absolute Gasteiger partial charge is 0.273 e. The molecule has 1 saturated heterocycles. The van der Waals surface area contributed by atoms with Crippen molar-refractivity contribution in [2.75, 3.05) is 25.5 Å². The molecular formula is C21H23N3O4S. The molecule has 4 rings (SSSR count). The van der Waals surface area contributed by atoms with Gasteiger partial charge >= 0.3 is 0 Å². The Bertz CT molecular complexity index is 953. The van der Waals surface area contributed by atoms with E-state index in [1.807, 2.05) is 23.3 Å². The molecule has 2 aromatic rings. The molecule has 3 heterocycles. The van der Waals surface area contributed by atoms with Gasteiger partial charge < -0.3 is 19.8 Å². The van der Waals surface area contributed by atoms with E-state index in [0.29, 0.717) is 30.9 Å². The molecule has 0 bridgehead atoms. The number of carbonyl (C=O) groups excluding carboxylic acids is 2. The van der Waals surface area contributed by atoms with Gasteiger partial charge in [-0.15, -0.1) is 11.3 Å². The fourth-order valence-electron chi connectivity index (χ4n) is 3.75. The first-order chi connectivity index (χ1) is 14.0. The number of ether oxygens (including phenoxy) is 1. The molecule has 1 spiro atoms. The van der Waals surface area contributed by atoms with E-state index in [0.717, 1.165) is 29.0 Å². The Labute approximate surface area is 173 Å².